The van der Waals surface area contributed by atoms with Gasteiger partial charge < -0.3 is 10.6 Å². The molecule has 102 valence electrons. The number of aromatic nitrogens is 3. The van der Waals surface area contributed by atoms with Gasteiger partial charge in [0.15, 0.2) is 0 Å². The van der Waals surface area contributed by atoms with Crippen LogP contribution < -0.4 is 10.6 Å². The van der Waals surface area contributed by atoms with Crippen LogP contribution in [0.15, 0.2) is 0 Å². The molecule has 0 aromatic carbocycles. The number of nitrogens with zero attached hydrogens (tertiary/aromatic N) is 3. The first-order valence-electron chi connectivity index (χ1n) is 6.52. The molecule has 5 nitrogen and oxygen atoms in total. The summed E-state index contributed by atoms with van der Waals surface area (Å²) in [4.78, 5) is 12.4. The quantitative estimate of drug-likeness (QED) is 0.797. The highest BCUT2D eigenvalue weighted by Crippen LogP contribution is 2.17. The Morgan fingerprint density at radius 1 is 1.06 bits per heavy atom. The van der Waals surface area contributed by atoms with E-state index >= 15 is 0 Å². The van der Waals surface area contributed by atoms with Gasteiger partial charge in [-0.15, -0.1) is 0 Å². The lowest BCUT2D eigenvalue weighted by molar-refractivity contribution is 0.436. The highest BCUT2D eigenvalue weighted by atomic mass is 35.5. The van der Waals surface area contributed by atoms with Crippen molar-refractivity contribution in [2.24, 2.45) is 5.92 Å². The van der Waals surface area contributed by atoms with Crippen LogP contribution in [0.5, 0.6) is 0 Å². The van der Waals surface area contributed by atoms with Crippen molar-refractivity contribution in [1.82, 2.24) is 15.0 Å². The highest BCUT2D eigenvalue weighted by Gasteiger charge is 2.15. The molecule has 1 unspecified atom stereocenters. The van der Waals surface area contributed by atoms with Gasteiger partial charge in [-0.1, -0.05) is 26.7 Å². The molecule has 18 heavy (non-hydrogen) atoms. The molecule has 0 aliphatic carbocycles. The first-order valence-corrected chi connectivity index (χ1v) is 6.90. The minimum atomic E-state index is 0.209. The van der Waals surface area contributed by atoms with Crippen LogP contribution in [0.25, 0.3) is 0 Å². The van der Waals surface area contributed by atoms with E-state index in [4.69, 9.17) is 11.6 Å². The van der Waals surface area contributed by atoms with Crippen molar-refractivity contribution in [3.63, 3.8) is 0 Å². The van der Waals surface area contributed by atoms with Crippen LogP contribution in [0.3, 0.4) is 0 Å². The average molecular weight is 272 g/mol. The van der Waals surface area contributed by atoms with Crippen molar-refractivity contribution in [2.75, 3.05) is 17.2 Å². The summed E-state index contributed by atoms with van der Waals surface area (Å²) in [6.45, 7) is 9.26. The van der Waals surface area contributed by atoms with Crippen molar-refractivity contribution in [3.05, 3.63) is 5.28 Å². The fourth-order valence-electron chi connectivity index (χ4n) is 1.97. The molecule has 0 bridgehead atoms. The van der Waals surface area contributed by atoms with Crippen molar-refractivity contribution < 1.29 is 0 Å². The van der Waals surface area contributed by atoms with Crippen molar-refractivity contribution in [3.8, 4) is 0 Å². The smallest absolute Gasteiger partial charge is 0.229 e. The summed E-state index contributed by atoms with van der Waals surface area (Å²) in [5.41, 5.74) is 0. The van der Waals surface area contributed by atoms with Gasteiger partial charge in [0.25, 0.3) is 0 Å². The zero-order chi connectivity index (χ0) is 13.5. The van der Waals surface area contributed by atoms with Crippen LogP contribution in [0.4, 0.5) is 11.9 Å². The molecule has 2 N–H and O–H groups in total. The van der Waals surface area contributed by atoms with Gasteiger partial charge in [-0.05, 0) is 31.4 Å². The summed E-state index contributed by atoms with van der Waals surface area (Å²) in [5.74, 6) is 1.64. The van der Waals surface area contributed by atoms with Crippen LogP contribution in [-0.2, 0) is 0 Å². The van der Waals surface area contributed by atoms with Gasteiger partial charge in [-0.25, -0.2) is 0 Å². The van der Waals surface area contributed by atoms with Crippen LogP contribution >= 0.6 is 11.6 Å². The average Bonchev–Trinajstić information content (AvgIpc) is 2.30. The fourth-order valence-corrected chi connectivity index (χ4v) is 2.13. The Kier molecular flexibility index (Phi) is 6.12. The van der Waals surface area contributed by atoms with Gasteiger partial charge in [-0.3, -0.25) is 0 Å². The number of hydrogen-bond acceptors (Lipinski definition) is 5. The van der Waals surface area contributed by atoms with E-state index in [1.54, 1.807) is 0 Å². The predicted molar refractivity (Wildman–Crippen MR) is 76.2 cm³/mol. The summed E-state index contributed by atoms with van der Waals surface area (Å²) in [7, 11) is 0. The number of anilines is 2. The number of halogens is 1. The van der Waals surface area contributed by atoms with Crippen molar-refractivity contribution in [2.45, 2.75) is 46.6 Å². The zero-order valence-electron chi connectivity index (χ0n) is 11.5. The number of hydrogen-bond donors (Lipinski definition) is 2. The van der Waals surface area contributed by atoms with E-state index in [-0.39, 0.29) is 5.28 Å². The minimum Gasteiger partial charge on any atom is -0.354 e. The van der Waals surface area contributed by atoms with Crippen LogP contribution in [-0.4, -0.2) is 27.5 Å². The number of nitrogens with one attached hydrogen (secondary N) is 2. The van der Waals surface area contributed by atoms with Crippen LogP contribution in [0, 0.1) is 5.92 Å². The standard InChI is InChI=1S/C12H22ClN5/c1-5-9(6-2)8(4)15-12-17-10(13)16-11(18-12)14-7-3/h8-9H,5-7H2,1-4H3,(H2,14,15,16,17,18). The number of rotatable bonds is 7. The van der Waals surface area contributed by atoms with E-state index in [9.17, 15) is 0 Å². The third kappa shape index (κ3) is 4.29. The maximum Gasteiger partial charge on any atom is 0.229 e. The molecule has 1 atom stereocenters. The zero-order valence-corrected chi connectivity index (χ0v) is 12.3. The Balaban J connectivity index is 2.77. The molecule has 1 aromatic rings. The van der Waals surface area contributed by atoms with Gasteiger partial charge in [-0.2, -0.15) is 15.0 Å². The molecule has 0 saturated heterocycles. The minimum absolute atomic E-state index is 0.209. The second kappa shape index (κ2) is 7.36. The van der Waals surface area contributed by atoms with Gasteiger partial charge in [0.2, 0.25) is 17.2 Å². The summed E-state index contributed by atoms with van der Waals surface area (Å²) >= 11 is 5.87. The Hall–Kier alpha value is -1.10. The molecule has 1 aromatic heterocycles. The third-order valence-corrected chi connectivity index (χ3v) is 3.22. The molecule has 0 saturated carbocycles. The molecule has 0 amide bonds. The maximum absolute atomic E-state index is 5.87. The fraction of sp³-hybridized carbons (Fsp3) is 0.750. The lowest BCUT2D eigenvalue weighted by atomic mass is 9.96. The summed E-state index contributed by atoms with van der Waals surface area (Å²) < 4.78 is 0. The summed E-state index contributed by atoms with van der Waals surface area (Å²) in [5, 5.41) is 6.54. The van der Waals surface area contributed by atoms with Crippen molar-refractivity contribution >= 4 is 23.5 Å². The first kappa shape index (κ1) is 15.0. The third-order valence-electron chi connectivity index (χ3n) is 3.06. The molecule has 0 aliphatic heterocycles. The molecule has 0 fully saturated rings. The molecule has 0 radical (unpaired) electrons. The maximum atomic E-state index is 5.87. The second-order valence-corrected chi connectivity index (χ2v) is 4.63. The molecule has 1 rings (SSSR count). The Morgan fingerprint density at radius 3 is 2.22 bits per heavy atom. The van der Waals surface area contributed by atoms with E-state index in [1.807, 2.05) is 6.92 Å². The normalized spacial score (nSPS) is 12.6. The largest absolute Gasteiger partial charge is 0.354 e. The van der Waals surface area contributed by atoms with E-state index in [2.05, 4.69) is 46.4 Å². The molecule has 6 heteroatoms. The molecular weight excluding hydrogens is 250 g/mol. The summed E-state index contributed by atoms with van der Waals surface area (Å²) in [6, 6.07) is 0.313. The molecule has 1 heterocycles. The second-order valence-electron chi connectivity index (χ2n) is 4.29. The van der Waals surface area contributed by atoms with E-state index in [1.165, 1.54) is 0 Å². The molecule has 0 spiro atoms. The van der Waals surface area contributed by atoms with Gasteiger partial charge in [0.05, 0.1) is 0 Å². The van der Waals surface area contributed by atoms with Crippen LogP contribution in [0.1, 0.15) is 40.5 Å². The topological polar surface area (TPSA) is 62.7 Å². The van der Waals surface area contributed by atoms with E-state index in [0.717, 1.165) is 19.4 Å². The Bertz CT molecular complexity index is 367. The predicted octanol–water partition coefficient (Wildman–Crippen LogP) is 3.19. The Labute approximate surface area is 114 Å². The highest BCUT2D eigenvalue weighted by molar-refractivity contribution is 6.28. The lowest BCUT2D eigenvalue weighted by Crippen LogP contribution is -2.26. The van der Waals surface area contributed by atoms with Crippen molar-refractivity contribution in [1.29, 1.82) is 0 Å². The van der Waals surface area contributed by atoms with Gasteiger partial charge in [0.1, 0.15) is 0 Å². The molecule has 0 aliphatic rings. The van der Waals surface area contributed by atoms with E-state index < -0.39 is 0 Å². The summed E-state index contributed by atoms with van der Waals surface area (Å²) in [6.07, 6.45) is 2.26. The first-order chi connectivity index (χ1) is 8.60. The van der Waals surface area contributed by atoms with Crippen LogP contribution in [0.2, 0.25) is 5.28 Å². The lowest BCUT2D eigenvalue weighted by Gasteiger charge is -2.22. The van der Waals surface area contributed by atoms with Gasteiger partial charge >= 0.3 is 0 Å². The van der Waals surface area contributed by atoms with E-state index in [0.29, 0.717) is 23.9 Å². The monoisotopic (exact) mass is 271 g/mol. The SMILES string of the molecule is CCNc1nc(Cl)nc(NC(C)C(CC)CC)n1. The Morgan fingerprint density at radius 2 is 1.67 bits per heavy atom. The molecular formula is C12H22ClN5. The van der Waals surface area contributed by atoms with Gasteiger partial charge in [0, 0.05) is 12.6 Å².